The van der Waals surface area contributed by atoms with Crippen LogP contribution in [0.4, 0.5) is 0 Å². The molecule has 8 nitrogen and oxygen atoms in total. The van der Waals surface area contributed by atoms with Crippen LogP contribution in [-0.2, 0) is 4.79 Å². The number of rotatable bonds is 4. The lowest BCUT2D eigenvalue weighted by Crippen LogP contribution is -2.44. The van der Waals surface area contributed by atoms with Crippen LogP contribution in [0.2, 0.25) is 5.02 Å². The number of piperidine rings is 1. The van der Waals surface area contributed by atoms with Crippen molar-refractivity contribution in [3.8, 4) is 0 Å². The third-order valence-corrected chi connectivity index (χ3v) is 6.23. The van der Waals surface area contributed by atoms with Crippen molar-refractivity contribution in [2.75, 3.05) is 19.6 Å². The van der Waals surface area contributed by atoms with E-state index in [1.165, 1.54) is 6.20 Å². The monoisotopic (exact) mass is 464 g/mol. The van der Waals surface area contributed by atoms with Gasteiger partial charge in [0.25, 0.3) is 5.91 Å². The zero-order valence-electron chi connectivity index (χ0n) is 17.6. The van der Waals surface area contributed by atoms with Gasteiger partial charge >= 0.3 is 0 Å². The standard InChI is InChI=1S/C24H21ClN4O4/c25-15-5-6-20-19(11-15)28-24(33-20)14-7-9-29(10-8-14)21(30)13-27-23(32)17-12-26-18-4-2-1-3-16(18)22(17)31/h1-6,11-12,14H,7-10,13H2,(H,26,31)(H,27,32). The van der Waals surface area contributed by atoms with Crippen LogP contribution in [0, 0.1) is 0 Å². The molecule has 168 valence electrons. The first-order valence-electron chi connectivity index (χ1n) is 10.7. The van der Waals surface area contributed by atoms with Gasteiger partial charge in [0.05, 0.1) is 6.54 Å². The van der Waals surface area contributed by atoms with Gasteiger partial charge in [0.1, 0.15) is 11.1 Å². The molecule has 0 atom stereocenters. The lowest BCUT2D eigenvalue weighted by atomic mass is 9.97. The van der Waals surface area contributed by atoms with Crippen molar-refractivity contribution >= 4 is 45.4 Å². The molecule has 0 unspecified atom stereocenters. The summed E-state index contributed by atoms with van der Waals surface area (Å²) in [6.45, 7) is 0.905. The maximum atomic E-state index is 12.6. The van der Waals surface area contributed by atoms with E-state index in [4.69, 9.17) is 16.0 Å². The molecule has 1 aliphatic heterocycles. The lowest BCUT2D eigenvalue weighted by molar-refractivity contribution is -0.131. The second kappa shape index (κ2) is 8.71. The van der Waals surface area contributed by atoms with E-state index in [1.807, 2.05) is 0 Å². The minimum atomic E-state index is -0.574. The van der Waals surface area contributed by atoms with Gasteiger partial charge in [-0.3, -0.25) is 14.4 Å². The van der Waals surface area contributed by atoms with Crippen molar-refractivity contribution in [3.63, 3.8) is 0 Å². The van der Waals surface area contributed by atoms with Gasteiger partial charge in [-0.05, 0) is 43.2 Å². The number of nitrogens with zero attached hydrogens (tertiary/aromatic N) is 2. The first kappa shape index (κ1) is 21.2. The molecule has 4 aromatic rings. The van der Waals surface area contributed by atoms with Crippen LogP contribution in [0.25, 0.3) is 22.0 Å². The van der Waals surface area contributed by atoms with Crippen LogP contribution in [0.3, 0.4) is 0 Å². The van der Waals surface area contributed by atoms with E-state index < -0.39 is 5.91 Å². The van der Waals surface area contributed by atoms with Gasteiger partial charge in [-0.2, -0.15) is 0 Å². The van der Waals surface area contributed by atoms with Gasteiger partial charge in [-0.15, -0.1) is 0 Å². The number of halogens is 1. The molecule has 2 N–H and O–H groups in total. The zero-order valence-corrected chi connectivity index (χ0v) is 18.4. The number of para-hydroxylation sites is 1. The molecule has 1 saturated heterocycles. The van der Waals surface area contributed by atoms with Gasteiger partial charge in [0.2, 0.25) is 11.3 Å². The molecule has 1 aliphatic rings. The summed E-state index contributed by atoms with van der Waals surface area (Å²) in [6.07, 6.45) is 2.80. The highest BCUT2D eigenvalue weighted by Crippen LogP contribution is 2.30. The molecule has 0 spiro atoms. The second-order valence-electron chi connectivity index (χ2n) is 8.08. The van der Waals surface area contributed by atoms with Crippen molar-refractivity contribution in [3.05, 3.63) is 75.4 Å². The Morgan fingerprint density at radius 2 is 1.97 bits per heavy atom. The number of carbonyl (C=O) groups excluding carboxylic acids is 2. The fourth-order valence-corrected chi connectivity index (χ4v) is 4.33. The Bertz CT molecular complexity index is 1420. The average Bonchev–Trinajstić information content (AvgIpc) is 3.26. The molecule has 2 aromatic carbocycles. The van der Waals surface area contributed by atoms with Crippen LogP contribution in [0.1, 0.15) is 35.0 Å². The van der Waals surface area contributed by atoms with Crippen molar-refractivity contribution in [2.24, 2.45) is 0 Å². The number of oxazole rings is 1. The topological polar surface area (TPSA) is 108 Å². The summed E-state index contributed by atoms with van der Waals surface area (Å²) in [6, 6.07) is 12.3. The molecule has 9 heteroatoms. The molecule has 3 heterocycles. The third kappa shape index (κ3) is 4.21. The average molecular weight is 465 g/mol. The Hall–Kier alpha value is -3.65. The molecule has 0 aliphatic carbocycles. The second-order valence-corrected chi connectivity index (χ2v) is 8.52. The molecule has 33 heavy (non-hydrogen) atoms. The van der Waals surface area contributed by atoms with Crippen molar-refractivity contribution in [1.82, 2.24) is 20.2 Å². The fourth-order valence-electron chi connectivity index (χ4n) is 4.17. The Morgan fingerprint density at radius 3 is 2.79 bits per heavy atom. The van der Waals surface area contributed by atoms with E-state index >= 15 is 0 Å². The summed E-state index contributed by atoms with van der Waals surface area (Å²) in [5.74, 6) is 0.00733. The van der Waals surface area contributed by atoms with Crippen LogP contribution in [0.5, 0.6) is 0 Å². The maximum absolute atomic E-state index is 12.6. The molecule has 5 rings (SSSR count). The highest BCUT2D eigenvalue weighted by molar-refractivity contribution is 6.31. The Balaban J connectivity index is 1.18. The predicted octanol–water partition coefficient (Wildman–Crippen LogP) is 3.46. The van der Waals surface area contributed by atoms with Crippen LogP contribution < -0.4 is 10.7 Å². The summed E-state index contributed by atoms with van der Waals surface area (Å²) >= 11 is 6.02. The Labute approximate surface area is 193 Å². The van der Waals surface area contributed by atoms with E-state index in [0.29, 0.717) is 53.3 Å². The van der Waals surface area contributed by atoms with Gasteiger partial charge in [0.15, 0.2) is 11.5 Å². The number of benzene rings is 2. The number of nitrogens with one attached hydrogen (secondary N) is 2. The number of pyridine rings is 1. The van der Waals surface area contributed by atoms with Gasteiger partial charge < -0.3 is 19.6 Å². The quantitative estimate of drug-likeness (QED) is 0.481. The zero-order chi connectivity index (χ0) is 22.9. The SMILES string of the molecule is O=C(NCC(=O)N1CCC(c2nc3cc(Cl)ccc3o2)CC1)c1c[nH]c2ccccc2c1=O. The largest absolute Gasteiger partial charge is 0.440 e. The van der Waals surface area contributed by atoms with E-state index in [-0.39, 0.29) is 29.4 Å². The number of likely N-dealkylation sites (tertiary alicyclic amines) is 1. The molecule has 0 radical (unpaired) electrons. The minimum absolute atomic E-state index is 0.0173. The maximum Gasteiger partial charge on any atom is 0.257 e. The Kier molecular flexibility index (Phi) is 5.60. The smallest absolute Gasteiger partial charge is 0.257 e. The molecular formula is C24H21ClN4O4. The summed E-state index contributed by atoms with van der Waals surface area (Å²) in [7, 11) is 0. The summed E-state index contributed by atoms with van der Waals surface area (Å²) < 4.78 is 5.87. The number of carbonyl (C=O) groups is 2. The van der Waals surface area contributed by atoms with Gasteiger partial charge in [-0.1, -0.05) is 23.7 Å². The number of H-pyrrole nitrogens is 1. The van der Waals surface area contributed by atoms with E-state index in [9.17, 15) is 14.4 Å². The predicted molar refractivity (Wildman–Crippen MR) is 124 cm³/mol. The summed E-state index contributed by atoms with van der Waals surface area (Å²) in [5.41, 5.74) is 1.69. The molecule has 2 amide bonds. The van der Waals surface area contributed by atoms with Crippen molar-refractivity contribution in [2.45, 2.75) is 18.8 Å². The number of aromatic nitrogens is 2. The van der Waals surface area contributed by atoms with Crippen molar-refractivity contribution < 1.29 is 14.0 Å². The summed E-state index contributed by atoms with van der Waals surface area (Å²) in [5, 5.41) is 3.61. The number of hydrogen-bond acceptors (Lipinski definition) is 5. The number of hydrogen-bond donors (Lipinski definition) is 2. The number of aromatic amines is 1. The molecular weight excluding hydrogens is 444 g/mol. The molecule has 0 bridgehead atoms. The first-order chi connectivity index (χ1) is 16.0. The highest BCUT2D eigenvalue weighted by Gasteiger charge is 2.27. The Morgan fingerprint density at radius 1 is 1.18 bits per heavy atom. The summed E-state index contributed by atoms with van der Waals surface area (Å²) in [4.78, 5) is 46.9. The number of fused-ring (bicyclic) bond motifs is 2. The molecule has 0 saturated carbocycles. The van der Waals surface area contributed by atoms with Gasteiger partial charge in [0, 0.05) is 41.1 Å². The van der Waals surface area contributed by atoms with E-state index in [2.05, 4.69) is 15.3 Å². The van der Waals surface area contributed by atoms with Crippen molar-refractivity contribution in [1.29, 1.82) is 0 Å². The van der Waals surface area contributed by atoms with Crippen LogP contribution in [0.15, 0.2) is 57.9 Å². The highest BCUT2D eigenvalue weighted by atomic mass is 35.5. The van der Waals surface area contributed by atoms with E-state index in [0.717, 1.165) is 5.52 Å². The first-order valence-corrected chi connectivity index (χ1v) is 11.1. The minimum Gasteiger partial charge on any atom is -0.440 e. The van der Waals surface area contributed by atoms with Crippen LogP contribution >= 0.6 is 11.6 Å². The lowest BCUT2D eigenvalue weighted by Gasteiger charge is -2.30. The fraction of sp³-hybridized carbons (Fsp3) is 0.250. The number of amides is 2. The molecule has 2 aromatic heterocycles. The molecule has 1 fully saturated rings. The normalized spacial score (nSPS) is 14.6. The van der Waals surface area contributed by atoms with Crippen LogP contribution in [-0.4, -0.2) is 46.3 Å². The van der Waals surface area contributed by atoms with Gasteiger partial charge in [-0.25, -0.2) is 4.98 Å². The van der Waals surface area contributed by atoms with E-state index in [1.54, 1.807) is 47.4 Å². The third-order valence-electron chi connectivity index (χ3n) is 6.00.